The monoisotopic (exact) mass is 447 g/mol. The Labute approximate surface area is 190 Å². The molecule has 0 bridgehead atoms. The molecule has 4 rings (SSSR count). The minimum Gasteiger partial charge on any atom is -0.507 e. The molecule has 0 unspecified atom stereocenters. The number of hydrogen-bond donors (Lipinski definition) is 1. The number of thiazole rings is 1. The highest BCUT2D eigenvalue weighted by Gasteiger charge is 2.12. The van der Waals surface area contributed by atoms with Crippen molar-refractivity contribution in [1.29, 1.82) is 0 Å². The minimum absolute atomic E-state index is 0.122. The Morgan fingerprint density at radius 3 is 2.38 bits per heavy atom. The molecule has 7 heteroatoms. The second kappa shape index (κ2) is 9.28. The van der Waals surface area contributed by atoms with Crippen LogP contribution in [0.25, 0.3) is 22.0 Å². The maximum Gasteiger partial charge on any atom is 0.206 e. The molecule has 32 heavy (non-hydrogen) atoms. The average molecular weight is 448 g/mol. The molecular weight excluding hydrogens is 422 g/mol. The fourth-order valence-corrected chi connectivity index (χ4v) is 4.39. The molecule has 1 aromatic heterocycles. The lowest BCUT2D eigenvalue weighted by Gasteiger charge is -2.10. The van der Waals surface area contributed by atoms with Crippen LogP contribution in [0.3, 0.4) is 0 Å². The van der Waals surface area contributed by atoms with Crippen LogP contribution in [0.15, 0.2) is 70.1 Å². The normalized spacial score (nSPS) is 12.4. The topological polar surface area (TPSA) is 68.3 Å². The zero-order chi connectivity index (χ0) is 22.7. The Morgan fingerprint density at radius 1 is 0.969 bits per heavy atom. The number of methoxy groups -OCH3 is 2. The molecule has 0 aliphatic carbocycles. The zero-order valence-corrected chi connectivity index (χ0v) is 19.3. The molecule has 4 aromatic rings. The number of ether oxygens (including phenoxy) is 2. The molecule has 164 valence electrons. The quantitative estimate of drug-likeness (QED) is 0.409. The lowest BCUT2D eigenvalue weighted by atomic mass is 10.1. The van der Waals surface area contributed by atoms with E-state index in [0.29, 0.717) is 23.6 Å². The summed E-state index contributed by atoms with van der Waals surface area (Å²) in [6.45, 7) is 4.53. The van der Waals surface area contributed by atoms with E-state index in [1.807, 2.05) is 36.7 Å². The van der Waals surface area contributed by atoms with Gasteiger partial charge in [-0.3, -0.25) is 4.99 Å². The third-order valence-corrected chi connectivity index (χ3v) is 6.02. The predicted octanol–water partition coefficient (Wildman–Crippen LogP) is 5.29. The molecule has 0 amide bonds. The van der Waals surface area contributed by atoms with Gasteiger partial charge in [0.05, 0.1) is 25.6 Å². The number of aromatic hydroxyl groups is 1. The molecule has 0 radical (unpaired) electrons. The summed E-state index contributed by atoms with van der Waals surface area (Å²) in [5.41, 5.74) is 3.29. The molecule has 1 heterocycles. The number of aromatic nitrogens is 1. The summed E-state index contributed by atoms with van der Waals surface area (Å²) >= 11 is 1.54. The molecule has 0 fully saturated rings. The summed E-state index contributed by atoms with van der Waals surface area (Å²) in [5.74, 6) is 1.55. The highest BCUT2D eigenvalue weighted by atomic mass is 32.1. The van der Waals surface area contributed by atoms with Crippen molar-refractivity contribution in [3.8, 4) is 28.5 Å². The van der Waals surface area contributed by atoms with Crippen molar-refractivity contribution in [2.75, 3.05) is 20.8 Å². The highest BCUT2D eigenvalue weighted by Crippen LogP contribution is 2.28. The molecule has 0 saturated carbocycles. The highest BCUT2D eigenvalue weighted by molar-refractivity contribution is 7.07. The van der Waals surface area contributed by atoms with E-state index in [0.717, 1.165) is 32.6 Å². The molecule has 0 spiro atoms. The summed E-state index contributed by atoms with van der Waals surface area (Å²) in [7, 11) is 3.24. The fraction of sp³-hybridized carbons (Fsp3) is 0.200. The van der Waals surface area contributed by atoms with Gasteiger partial charge in [0.15, 0.2) is 0 Å². The van der Waals surface area contributed by atoms with Crippen LogP contribution in [-0.2, 0) is 0 Å². The van der Waals surface area contributed by atoms with Crippen molar-refractivity contribution in [3.05, 3.63) is 70.3 Å². The summed E-state index contributed by atoms with van der Waals surface area (Å²) in [6.07, 6.45) is 0. The van der Waals surface area contributed by atoms with Gasteiger partial charge in [-0.2, -0.15) is 5.10 Å². The first-order valence-electron chi connectivity index (χ1n) is 10.3. The Hall–Kier alpha value is -3.58. The molecule has 0 aliphatic heterocycles. The van der Waals surface area contributed by atoms with Crippen LogP contribution in [0.1, 0.15) is 19.4 Å². The maximum absolute atomic E-state index is 10.4. The van der Waals surface area contributed by atoms with Crippen LogP contribution >= 0.6 is 11.3 Å². The van der Waals surface area contributed by atoms with Gasteiger partial charge in [-0.1, -0.05) is 18.2 Å². The number of phenols is 1. The SMILES string of the molecule is CCN=c1scc(-c2ccc3cc(OC)ccc3c2)n1N=C(C)c1ccc(OC)cc1O. The van der Waals surface area contributed by atoms with Gasteiger partial charge in [0.2, 0.25) is 4.80 Å². The van der Waals surface area contributed by atoms with Gasteiger partial charge in [0.1, 0.15) is 17.2 Å². The van der Waals surface area contributed by atoms with E-state index in [1.165, 1.54) is 0 Å². The van der Waals surface area contributed by atoms with Gasteiger partial charge in [0, 0.05) is 29.1 Å². The van der Waals surface area contributed by atoms with E-state index in [4.69, 9.17) is 14.6 Å². The van der Waals surface area contributed by atoms with E-state index in [2.05, 4.69) is 34.6 Å². The van der Waals surface area contributed by atoms with Crippen molar-refractivity contribution in [3.63, 3.8) is 0 Å². The lowest BCUT2D eigenvalue weighted by Crippen LogP contribution is -2.14. The molecule has 0 aliphatic rings. The van der Waals surface area contributed by atoms with Gasteiger partial charge in [-0.05, 0) is 55.0 Å². The van der Waals surface area contributed by atoms with Gasteiger partial charge < -0.3 is 14.6 Å². The van der Waals surface area contributed by atoms with Gasteiger partial charge in [-0.15, -0.1) is 11.3 Å². The van der Waals surface area contributed by atoms with Crippen molar-refractivity contribution in [1.82, 2.24) is 4.68 Å². The molecule has 0 saturated heterocycles. The summed E-state index contributed by atoms with van der Waals surface area (Å²) < 4.78 is 12.4. The van der Waals surface area contributed by atoms with Crippen molar-refractivity contribution >= 4 is 27.8 Å². The van der Waals surface area contributed by atoms with Crippen molar-refractivity contribution < 1.29 is 14.6 Å². The molecule has 0 atom stereocenters. The number of benzene rings is 3. The molecular formula is C25H25N3O3S. The number of fused-ring (bicyclic) bond motifs is 1. The van der Waals surface area contributed by atoms with Crippen LogP contribution in [0.5, 0.6) is 17.2 Å². The molecule has 3 aromatic carbocycles. The summed E-state index contributed by atoms with van der Waals surface area (Å²) in [6, 6.07) is 17.5. The second-order valence-corrected chi connectivity index (χ2v) is 8.02. The standard InChI is InChI=1S/C25H25N3O3S/c1-5-26-25-28(27-16(2)22-11-10-21(31-4)14-24(22)29)23(15-32-25)19-7-6-18-13-20(30-3)9-8-17(18)12-19/h6-15,29H,5H2,1-4H3. The number of phenolic OH excluding ortho intramolecular Hbond substituents is 1. The lowest BCUT2D eigenvalue weighted by molar-refractivity contribution is 0.407. The van der Waals surface area contributed by atoms with Gasteiger partial charge >= 0.3 is 0 Å². The first-order chi connectivity index (χ1) is 15.5. The van der Waals surface area contributed by atoms with Crippen LogP contribution in [-0.4, -0.2) is 36.3 Å². The summed E-state index contributed by atoms with van der Waals surface area (Å²) in [4.78, 5) is 5.41. The average Bonchev–Trinajstić information content (AvgIpc) is 3.20. The maximum atomic E-state index is 10.4. The summed E-state index contributed by atoms with van der Waals surface area (Å²) in [5, 5.41) is 19.6. The number of hydrogen-bond acceptors (Lipinski definition) is 6. The molecule has 1 N–H and O–H groups in total. The predicted molar refractivity (Wildman–Crippen MR) is 130 cm³/mol. The van der Waals surface area contributed by atoms with Crippen LogP contribution in [0, 0.1) is 0 Å². The van der Waals surface area contributed by atoms with Crippen molar-refractivity contribution in [2.24, 2.45) is 10.1 Å². The Kier molecular flexibility index (Phi) is 6.28. The van der Waals surface area contributed by atoms with Gasteiger partial charge in [0.25, 0.3) is 0 Å². The van der Waals surface area contributed by atoms with Crippen LogP contribution in [0.2, 0.25) is 0 Å². The second-order valence-electron chi connectivity index (χ2n) is 7.19. The molecule has 6 nitrogen and oxygen atoms in total. The van der Waals surface area contributed by atoms with E-state index >= 15 is 0 Å². The van der Waals surface area contributed by atoms with E-state index in [1.54, 1.807) is 37.7 Å². The van der Waals surface area contributed by atoms with E-state index < -0.39 is 0 Å². The Morgan fingerprint density at radius 2 is 1.66 bits per heavy atom. The first kappa shape index (κ1) is 21.6. The number of rotatable bonds is 6. The minimum atomic E-state index is 0.122. The Balaban J connectivity index is 1.83. The smallest absolute Gasteiger partial charge is 0.206 e. The Bertz CT molecular complexity index is 1370. The largest absolute Gasteiger partial charge is 0.507 e. The van der Waals surface area contributed by atoms with Crippen LogP contribution in [0.4, 0.5) is 0 Å². The van der Waals surface area contributed by atoms with E-state index in [9.17, 15) is 5.11 Å². The fourth-order valence-electron chi connectivity index (χ4n) is 3.50. The van der Waals surface area contributed by atoms with Crippen molar-refractivity contribution in [2.45, 2.75) is 13.8 Å². The zero-order valence-electron chi connectivity index (χ0n) is 18.5. The van der Waals surface area contributed by atoms with Gasteiger partial charge in [-0.25, -0.2) is 4.68 Å². The van der Waals surface area contributed by atoms with Crippen LogP contribution < -0.4 is 14.3 Å². The first-order valence-corrected chi connectivity index (χ1v) is 11.1. The number of nitrogens with zero attached hydrogens (tertiary/aromatic N) is 3. The third-order valence-electron chi connectivity index (χ3n) is 5.17. The van der Waals surface area contributed by atoms with E-state index in [-0.39, 0.29) is 5.75 Å². The third kappa shape index (κ3) is 4.24.